The first-order chi connectivity index (χ1) is 16.1. The summed E-state index contributed by atoms with van der Waals surface area (Å²) in [6, 6.07) is 23.8. The maximum atomic E-state index is 14.2. The van der Waals surface area contributed by atoms with Crippen LogP contribution in [0.15, 0.2) is 72.8 Å². The number of ether oxygens (including phenoxy) is 2. The Balaban J connectivity index is 1.67. The number of aryl methyl sites for hydroxylation is 1. The molecule has 0 aromatic heterocycles. The minimum atomic E-state index is -0.928. The van der Waals surface area contributed by atoms with E-state index in [1.807, 2.05) is 55.5 Å². The van der Waals surface area contributed by atoms with Crippen LogP contribution >= 0.6 is 0 Å². The van der Waals surface area contributed by atoms with Crippen LogP contribution in [0.5, 0.6) is 0 Å². The van der Waals surface area contributed by atoms with Crippen molar-refractivity contribution in [2.75, 3.05) is 19.1 Å². The van der Waals surface area contributed by atoms with E-state index in [-0.39, 0.29) is 17.7 Å². The van der Waals surface area contributed by atoms with Gasteiger partial charge in [-0.2, -0.15) is 0 Å². The van der Waals surface area contributed by atoms with Crippen LogP contribution in [0.25, 0.3) is 0 Å². The van der Waals surface area contributed by atoms with Gasteiger partial charge in [-0.25, -0.2) is 4.90 Å². The molecule has 1 fully saturated rings. The summed E-state index contributed by atoms with van der Waals surface area (Å²) >= 11 is 0. The number of nitrogens with zero attached hydrogens (tertiary/aromatic N) is 1. The molecule has 3 aliphatic carbocycles. The highest BCUT2D eigenvalue weighted by molar-refractivity contribution is 6.23. The zero-order valence-corrected chi connectivity index (χ0v) is 18.8. The average Bonchev–Trinajstić information content (AvgIpc) is 3.12. The van der Waals surface area contributed by atoms with Gasteiger partial charge >= 0.3 is 0 Å². The largest absolute Gasteiger partial charge is 0.355 e. The predicted octanol–water partition coefficient (Wildman–Crippen LogP) is 4.16. The molecule has 0 radical (unpaired) electrons. The van der Waals surface area contributed by atoms with Crippen molar-refractivity contribution in [3.05, 3.63) is 101 Å². The van der Waals surface area contributed by atoms with Gasteiger partial charge in [-0.05, 0) is 41.3 Å². The van der Waals surface area contributed by atoms with Crippen molar-refractivity contribution in [1.82, 2.24) is 0 Å². The van der Waals surface area contributed by atoms with Gasteiger partial charge in [-0.3, -0.25) is 9.59 Å². The molecule has 4 aliphatic rings. The lowest BCUT2D eigenvalue weighted by atomic mass is 9.47. The lowest BCUT2D eigenvalue weighted by molar-refractivity contribution is -0.168. The third kappa shape index (κ3) is 2.39. The third-order valence-corrected chi connectivity index (χ3v) is 7.78. The van der Waals surface area contributed by atoms with E-state index in [1.165, 1.54) is 4.90 Å². The van der Waals surface area contributed by atoms with Crippen LogP contribution < -0.4 is 4.90 Å². The maximum Gasteiger partial charge on any atom is 0.239 e. The first kappa shape index (κ1) is 20.3. The lowest BCUT2D eigenvalue weighted by Gasteiger charge is -2.56. The van der Waals surface area contributed by atoms with Crippen LogP contribution in [0, 0.1) is 18.8 Å². The summed E-state index contributed by atoms with van der Waals surface area (Å²) in [5, 5.41) is 0. The van der Waals surface area contributed by atoms with Crippen LogP contribution in [0.3, 0.4) is 0 Å². The Morgan fingerprint density at radius 1 is 0.788 bits per heavy atom. The van der Waals surface area contributed by atoms with Gasteiger partial charge < -0.3 is 9.47 Å². The summed E-state index contributed by atoms with van der Waals surface area (Å²) in [5.41, 5.74) is 4.92. The summed E-state index contributed by atoms with van der Waals surface area (Å²) in [7, 11) is 3.20. The van der Waals surface area contributed by atoms with Gasteiger partial charge in [0.05, 0.1) is 22.9 Å². The van der Waals surface area contributed by atoms with Crippen LogP contribution in [0.1, 0.15) is 33.7 Å². The quantitative estimate of drug-likeness (QED) is 0.452. The lowest BCUT2D eigenvalue weighted by Crippen LogP contribution is -2.60. The van der Waals surface area contributed by atoms with Gasteiger partial charge in [0, 0.05) is 20.1 Å². The highest BCUT2D eigenvalue weighted by atomic mass is 16.7. The standard InChI is InChI=1S/C28H25NO4/c1-16-12-14-17(15-13-16)29-25(30)23-22-18-8-4-6-10-20(18)28(24(23)26(29)31,27(32-2)33-3)21-11-7-5-9-19(21)22/h4-15,22-24,27H,1-3H3. The number of hydrogen-bond donors (Lipinski definition) is 0. The molecule has 2 atom stereocenters. The molecule has 2 amide bonds. The summed E-state index contributed by atoms with van der Waals surface area (Å²) in [6.45, 7) is 1.99. The molecule has 33 heavy (non-hydrogen) atoms. The van der Waals surface area contributed by atoms with Crippen molar-refractivity contribution >= 4 is 17.5 Å². The summed E-state index contributed by atoms with van der Waals surface area (Å²) in [4.78, 5) is 29.6. The average molecular weight is 440 g/mol. The van der Waals surface area contributed by atoms with E-state index in [4.69, 9.17) is 9.47 Å². The van der Waals surface area contributed by atoms with Crippen LogP contribution in [0.2, 0.25) is 0 Å². The van der Waals surface area contributed by atoms with E-state index >= 15 is 0 Å². The molecule has 1 saturated heterocycles. The third-order valence-electron chi connectivity index (χ3n) is 7.78. The highest BCUT2D eigenvalue weighted by Gasteiger charge is 2.71. The van der Waals surface area contributed by atoms with Crippen molar-refractivity contribution in [3.63, 3.8) is 0 Å². The monoisotopic (exact) mass is 439 g/mol. The molecule has 1 aliphatic heterocycles. The highest BCUT2D eigenvalue weighted by Crippen LogP contribution is 2.65. The van der Waals surface area contributed by atoms with Crippen LogP contribution in [0.4, 0.5) is 5.69 Å². The SMILES string of the molecule is COC(OC)C12c3ccccc3C(c3ccccc31)C1C(=O)N(c3ccc(C)cc3)C(=O)C12. The Bertz CT molecular complexity index is 1230. The Hall–Kier alpha value is -3.28. The molecule has 2 unspecified atom stereocenters. The molecule has 5 nitrogen and oxygen atoms in total. The molecule has 166 valence electrons. The second kappa shape index (κ2) is 7.11. The normalized spacial score (nSPS) is 27.0. The van der Waals surface area contributed by atoms with Gasteiger partial charge in [0.1, 0.15) is 0 Å². The molecular formula is C28H25NO4. The number of benzene rings is 3. The molecule has 0 N–H and O–H groups in total. The fraction of sp³-hybridized carbons (Fsp3) is 0.286. The summed E-state index contributed by atoms with van der Waals surface area (Å²) in [5.74, 6) is -1.67. The second-order valence-corrected chi connectivity index (χ2v) is 9.18. The Morgan fingerprint density at radius 3 is 1.88 bits per heavy atom. The number of carbonyl (C=O) groups is 2. The van der Waals surface area contributed by atoms with Gasteiger partial charge in [0.2, 0.25) is 11.8 Å². The first-order valence-electron chi connectivity index (χ1n) is 11.2. The molecule has 3 aromatic carbocycles. The first-order valence-corrected chi connectivity index (χ1v) is 11.2. The second-order valence-electron chi connectivity index (χ2n) is 9.18. The summed E-state index contributed by atoms with van der Waals surface area (Å²) < 4.78 is 11.8. The molecule has 7 rings (SSSR count). The van der Waals surface area contributed by atoms with E-state index in [0.717, 1.165) is 27.8 Å². The predicted molar refractivity (Wildman–Crippen MR) is 124 cm³/mol. The number of imide groups is 1. The Kier molecular flexibility index (Phi) is 4.38. The smallest absolute Gasteiger partial charge is 0.239 e. The fourth-order valence-corrected chi connectivity index (χ4v) is 6.65. The molecule has 3 aromatic rings. The van der Waals surface area contributed by atoms with Crippen molar-refractivity contribution in [2.45, 2.75) is 24.5 Å². The molecule has 0 saturated carbocycles. The van der Waals surface area contributed by atoms with E-state index in [0.29, 0.717) is 5.69 Å². The van der Waals surface area contributed by atoms with Gasteiger partial charge in [-0.15, -0.1) is 0 Å². The van der Waals surface area contributed by atoms with Crippen molar-refractivity contribution < 1.29 is 19.1 Å². The number of methoxy groups -OCH3 is 2. The maximum absolute atomic E-state index is 14.2. The van der Waals surface area contributed by atoms with E-state index in [2.05, 4.69) is 24.3 Å². The number of rotatable bonds is 4. The Labute approximate surface area is 192 Å². The fourth-order valence-electron chi connectivity index (χ4n) is 6.65. The van der Waals surface area contributed by atoms with Crippen LogP contribution in [-0.4, -0.2) is 32.3 Å². The van der Waals surface area contributed by atoms with E-state index < -0.39 is 23.5 Å². The molecule has 0 spiro atoms. The van der Waals surface area contributed by atoms with Crippen molar-refractivity contribution in [3.8, 4) is 0 Å². The number of hydrogen-bond acceptors (Lipinski definition) is 4. The minimum absolute atomic E-state index is 0.154. The minimum Gasteiger partial charge on any atom is -0.355 e. The topological polar surface area (TPSA) is 55.8 Å². The zero-order valence-electron chi connectivity index (χ0n) is 18.8. The van der Waals surface area contributed by atoms with E-state index in [9.17, 15) is 9.59 Å². The van der Waals surface area contributed by atoms with Crippen LogP contribution in [-0.2, 0) is 24.5 Å². The summed E-state index contributed by atoms with van der Waals surface area (Å²) in [6.07, 6.45) is -0.733. The van der Waals surface area contributed by atoms with E-state index in [1.54, 1.807) is 14.2 Å². The molecular weight excluding hydrogens is 414 g/mol. The molecule has 1 heterocycles. The number of anilines is 1. The molecule has 5 heteroatoms. The Morgan fingerprint density at radius 2 is 1.33 bits per heavy atom. The zero-order chi connectivity index (χ0) is 22.9. The van der Waals surface area contributed by atoms with Crippen molar-refractivity contribution in [2.24, 2.45) is 11.8 Å². The number of amides is 2. The van der Waals surface area contributed by atoms with Crippen molar-refractivity contribution in [1.29, 1.82) is 0 Å². The van der Waals surface area contributed by atoms with Gasteiger partial charge in [0.15, 0.2) is 6.29 Å². The molecule has 2 bridgehead atoms. The van der Waals surface area contributed by atoms with Gasteiger partial charge in [-0.1, -0.05) is 66.2 Å². The van der Waals surface area contributed by atoms with Gasteiger partial charge in [0.25, 0.3) is 0 Å². The number of carbonyl (C=O) groups excluding carboxylic acids is 2.